The lowest BCUT2D eigenvalue weighted by molar-refractivity contribution is -0.143. The van der Waals surface area contributed by atoms with Gasteiger partial charge < -0.3 is 23.5 Å². The molecule has 49 heavy (non-hydrogen) atoms. The number of sulfonamides is 1. The molecule has 4 aromatic rings. The quantitative estimate of drug-likeness (QED) is 0.225. The molecule has 2 aliphatic heterocycles. The van der Waals surface area contributed by atoms with E-state index in [-0.39, 0.29) is 28.6 Å². The Morgan fingerprint density at radius 2 is 1.67 bits per heavy atom. The zero-order chi connectivity index (χ0) is 33.9. The number of likely N-dealkylation sites (tertiary alicyclic amines) is 1. The van der Waals surface area contributed by atoms with Crippen molar-refractivity contribution in [3.8, 4) is 17.0 Å². The molecule has 258 valence electrons. The Morgan fingerprint density at radius 3 is 2.31 bits per heavy atom. The van der Waals surface area contributed by atoms with Crippen molar-refractivity contribution < 1.29 is 27.2 Å². The first-order chi connectivity index (χ1) is 23.7. The summed E-state index contributed by atoms with van der Waals surface area (Å²) in [4.78, 5) is 32.7. The average molecular weight is 685 g/mol. The van der Waals surface area contributed by atoms with E-state index in [1.165, 1.54) is 30.4 Å². The molecule has 8 rings (SSSR count). The number of methoxy groups -OCH3 is 1. The zero-order valence-electron chi connectivity index (χ0n) is 28.2. The Hall–Kier alpha value is -4.09. The lowest BCUT2D eigenvalue weighted by atomic mass is 9.81. The van der Waals surface area contributed by atoms with E-state index in [9.17, 15) is 18.0 Å². The second-order valence-corrected chi connectivity index (χ2v) is 16.2. The van der Waals surface area contributed by atoms with Crippen LogP contribution in [0.4, 0.5) is 0 Å². The molecule has 2 atom stereocenters. The van der Waals surface area contributed by atoms with Gasteiger partial charge in [0.2, 0.25) is 11.0 Å². The number of furan rings is 1. The first-order valence-electron chi connectivity index (χ1n) is 17.6. The lowest BCUT2D eigenvalue weighted by Gasteiger charge is -2.41. The summed E-state index contributed by atoms with van der Waals surface area (Å²) in [6.45, 7) is 2.32. The minimum absolute atomic E-state index is 0.228. The zero-order valence-corrected chi connectivity index (χ0v) is 29.0. The van der Waals surface area contributed by atoms with Crippen LogP contribution in [-0.4, -0.2) is 73.9 Å². The fourth-order valence-electron chi connectivity index (χ4n) is 8.81. The number of hydrogen-bond donors (Lipinski definition) is 1. The second-order valence-electron chi connectivity index (χ2n) is 14.6. The van der Waals surface area contributed by atoms with Gasteiger partial charge in [0.05, 0.1) is 24.5 Å². The van der Waals surface area contributed by atoms with Gasteiger partial charge in [0.25, 0.3) is 15.9 Å². The van der Waals surface area contributed by atoms with Crippen LogP contribution in [0, 0.1) is 5.41 Å². The van der Waals surface area contributed by atoms with Crippen molar-refractivity contribution in [2.75, 3.05) is 27.2 Å². The molecule has 2 saturated carbocycles. The summed E-state index contributed by atoms with van der Waals surface area (Å²) in [6.07, 6.45) is 10.6. The summed E-state index contributed by atoms with van der Waals surface area (Å²) in [7, 11) is -0.382. The van der Waals surface area contributed by atoms with Crippen LogP contribution in [0.5, 0.6) is 5.75 Å². The van der Waals surface area contributed by atoms with Crippen molar-refractivity contribution in [2.45, 2.75) is 87.4 Å². The smallest absolute Gasteiger partial charge is 0.297 e. The van der Waals surface area contributed by atoms with E-state index in [0.29, 0.717) is 12.5 Å². The number of nitrogens with zero attached hydrogens (tertiary/aromatic N) is 3. The van der Waals surface area contributed by atoms with Crippen LogP contribution in [0.3, 0.4) is 0 Å². The van der Waals surface area contributed by atoms with Crippen molar-refractivity contribution in [3.63, 3.8) is 0 Å². The molecular formula is C38H44N4O6S. The second kappa shape index (κ2) is 12.4. The summed E-state index contributed by atoms with van der Waals surface area (Å²) < 4.78 is 40.9. The molecule has 0 radical (unpaired) electrons. The Kier molecular flexibility index (Phi) is 8.10. The predicted molar refractivity (Wildman–Crippen MR) is 186 cm³/mol. The maximum absolute atomic E-state index is 14.6. The van der Waals surface area contributed by atoms with Gasteiger partial charge >= 0.3 is 0 Å². The molecule has 10 nitrogen and oxygen atoms in total. The van der Waals surface area contributed by atoms with Crippen molar-refractivity contribution in [1.29, 1.82) is 0 Å². The van der Waals surface area contributed by atoms with E-state index in [4.69, 9.17) is 9.15 Å². The van der Waals surface area contributed by atoms with E-state index in [1.807, 2.05) is 24.3 Å². The largest absolute Gasteiger partial charge is 0.497 e. The summed E-state index contributed by atoms with van der Waals surface area (Å²) in [5, 5.41) is 0.727. The van der Waals surface area contributed by atoms with Gasteiger partial charge in [-0.15, -0.1) is 0 Å². The van der Waals surface area contributed by atoms with Gasteiger partial charge in [-0.05, 0) is 111 Å². The number of piperazine rings is 1. The number of hydrogen-bond acceptors (Lipinski definition) is 7. The number of benzene rings is 2. The van der Waals surface area contributed by atoms with Crippen LogP contribution in [0.1, 0.15) is 79.6 Å². The van der Waals surface area contributed by atoms with E-state index in [0.717, 1.165) is 92.4 Å². The number of amides is 2. The summed E-state index contributed by atoms with van der Waals surface area (Å²) in [5.41, 5.74) is 3.91. The maximum atomic E-state index is 14.6. The number of likely N-dealkylation sites (N-methyl/N-ethyl adjacent to an activating group) is 1. The van der Waals surface area contributed by atoms with E-state index >= 15 is 0 Å². The van der Waals surface area contributed by atoms with Gasteiger partial charge in [-0.1, -0.05) is 25.3 Å². The van der Waals surface area contributed by atoms with Crippen molar-refractivity contribution in [1.82, 2.24) is 19.1 Å². The van der Waals surface area contributed by atoms with Crippen LogP contribution >= 0.6 is 0 Å². The monoisotopic (exact) mass is 684 g/mol. The lowest BCUT2D eigenvalue weighted by Crippen LogP contribution is -2.56. The van der Waals surface area contributed by atoms with Crippen molar-refractivity contribution in [3.05, 3.63) is 72.0 Å². The standard InChI is InChI=1S/C38H44N4O6S/c1-40-22-28-13-14-29(23-40)42(28)37(44)38(18-19-38)24-41-32-21-27(36(43)39-49(45,46)33-9-6-20-48-33)12-17-31(32)34(25-7-4-3-5-8-25)35(41)26-10-15-30(47-2)16-11-26/h6,9-12,15-17,20-21,25,28-29H,3-5,7-8,13-14,18-19,22-24H2,1-2H3,(H,39,43). The molecule has 2 bridgehead atoms. The minimum atomic E-state index is -4.19. The van der Waals surface area contributed by atoms with Gasteiger partial charge in [-0.2, -0.15) is 8.42 Å². The third-order valence-electron chi connectivity index (χ3n) is 11.4. The minimum Gasteiger partial charge on any atom is -0.497 e. The molecule has 2 amide bonds. The average Bonchev–Trinajstić information content (AvgIpc) is 3.40. The number of ether oxygens (including phenoxy) is 1. The van der Waals surface area contributed by atoms with Crippen LogP contribution in [0.25, 0.3) is 22.2 Å². The van der Waals surface area contributed by atoms with Gasteiger partial charge in [-0.25, -0.2) is 4.72 Å². The van der Waals surface area contributed by atoms with Crippen molar-refractivity contribution >= 4 is 32.7 Å². The normalized spacial score (nSPS) is 22.4. The molecule has 4 heterocycles. The Balaban J connectivity index is 1.26. The SMILES string of the molecule is COc1ccc(-c2c(C3CCCCC3)c3ccc(C(=O)NS(=O)(=O)c4ccco4)cc3n2CC2(C(=O)N3C4CCC3CN(C)C4)CC2)cc1. The summed E-state index contributed by atoms with van der Waals surface area (Å²) in [6, 6.07) is 16.9. The number of rotatable bonds is 9. The molecule has 2 aromatic carbocycles. The highest BCUT2D eigenvalue weighted by Gasteiger charge is 2.56. The highest BCUT2D eigenvalue weighted by Crippen LogP contribution is 2.53. The van der Waals surface area contributed by atoms with Gasteiger partial charge in [0.1, 0.15) is 5.75 Å². The maximum Gasteiger partial charge on any atom is 0.297 e. The van der Waals surface area contributed by atoms with Crippen LogP contribution in [0.2, 0.25) is 0 Å². The summed E-state index contributed by atoms with van der Waals surface area (Å²) in [5.74, 6) is 0.616. The Labute approximate surface area is 287 Å². The number of nitrogens with one attached hydrogen (secondary N) is 1. The molecule has 0 spiro atoms. The van der Waals surface area contributed by atoms with E-state index in [1.54, 1.807) is 13.2 Å². The summed E-state index contributed by atoms with van der Waals surface area (Å²) >= 11 is 0. The molecule has 1 N–H and O–H groups in total. The molecule has 4 aliphatic rings. The number of carbonyl (C=O) groups is 2. The third kappa shape index (κ3) is 5.74. The fraction of sp³-hybridized carbons (Fsp3) is 0.474. The molecule has 2 aromatic heterocycles. The van der Waals surface area contributed by atoms with Crippen LogP contribution in [-0.2, 0) is 21.4 Å². The number of carbonyl (C=O) groups excluding carboxylic acids is 2. The number of fused-ring (bicyclic) bond motifs is 3. The molecule has 2 unspecified atom stereocenters. The Morgan fingerprint density at radius 1 is 0.959 bits per heavy atom. The molecular weight excluding hydrogens is 641 g/mol. The molecule has 4 fully saturated rings. The molecule has 2 aliphatic carbocycles. The fourth-order valence-corrected chi connectivity index (χ4v) is 9.71. The topological polar surface area (TPSA) is 114 Å². The van der Waals surface area contributed by atoms with Crippen molar-refractivity contribution in [2.24, 2.45) is 5.41 Å². The van der Waals surface area contributed by atoms with Crippen LogP contribution in [0.15, 0.2) is 70.4 Å². The third-order valence-corrected chi connectivity index (χ3v) is 12.6. The molecule has 2 saturated heterocycles. The Bertz CT molecular complexity index is 1980. The van der Waals surface area contributed by atoms with Gasteiger partial charge in [0.15, 0.2) is 0 Å². The van der Waals surface area contributed by atoms with Gasteiger partial charge in [-0.3, -0.25) is 9.59 Å². The van der Waals surface area contributed by atoms with E-state index < -0.39 is 21.3 Å². The highest BCUT2D eigenvalue weighted by molar-refractivity contribution is 7.90. The molecule has 11 heteroatoms. The van der Waals surface area contributed by atoms with Crippen LogP contribution < -0.4 is 9.46 Å². The van der Waals surface area contributed by atoms with E-state index in [2.05, 4.69) is 38.3 Å². The highest BCUT2D eigenvalue weighted by atomic mass is 32.2. The first-order valence-corrected chi connectivity index (χ1v) is 19.1. The van der Waals surface area contributed by atoms with Gasteiger partial charge in [0, 0.05) is 48.2 Å². The first kappa shape index (κ1) is 32.1. The number of aromatic nitrogens is 1. The predicted octanol–water partition coefficient (Wildman–Crippen LogP) is 6.16.